The van der Waals surface area contributed by atoms with E-state index in [1.54, 1.807) is 36.1 Å². The molecular weight excluding hydrogens is 368 g/mol. The fraction of sp³-hybridized carbons (Fsp3) is 0.286. The first-order chi connectivity index (χ1) is 13.9. The van der Waals surface area contributed by atoms with Gasteiger partial charge in [-0.1, -0.05) is 18.2 Å². The highest BCUT2D eigenvalue weighted by Crippen LogP contribution is 2.24. The maximum Gasteiger partial charge on any atom is 0.257 e. The first-order valence-electron chi connectivity index (χ1n) is 9.32. The Morgan fingerprint density at radius 3 is 2.52 bits per heavy atom. The summed E-state index contributed by atoms with van der Waals surface area (Å²) < 4.78 is 7.52. The van der Waals surface area contributed by atoms with E-state index >= 15 is 0 Å². The van der Waals surface area contributed by atoms with E-state index in [0.717, 1.165) is 13.1 Å². The summed E-state index contributed by atoms with van der Waals surface area (Å²) in [5, 5.41) is 7.00. The van der Waals surface area contributed by atoms with Gasteiger partial charge < -0.3 is 19.9 Å². The number of carbonyl (C=O) groups excluding carboxylic acids is 1. The molecule has 0 atom stereocenters. The van der Waals surface area contributed by atoms with E-state index in [1.165, 1.54) is 0 Å². The van der Waals surface area contributed by atoms with Crippen molar-refractivity contribution in [1.82, 2.24) is 19.7 Å². The van der Waals surface area contributed by atoms with Gasteiger partial charge in [0.25, 0.3) is 5.91 Å². The molecule has 2 aromatic heterocycles. The number of ether oxygens (including phenoxy) is 1. The molecule has 0 radical (unpaired) electrons. The minimum absolute atomic E-state index is 0.272. The molecule has 3 rings (SSSR count). The maximum atomic E-state index is 12.8. The van der Waals surface area contributed by atoms with Crippen LogP contribution in [0.4, 0.5) is 11.6 Å². The molecule has 0 fully saturated rings. The van der Waals surface area contributed by atoms with Gasteiger partial charge in [0, 0.05) is 51.1 Å². The van der Waals surface area contributed by atoms with Crippen LogP contribution in [0.15, 0.2) is 54.7 Å². The molecule has 8 nitrogen and oxygen atoms in total. The molecule has 0 bridgehead atoms. The molecule has 0 spiro atoms. The van der Waals surface area contributed by atoms with E-state index in [1.807, 2.05) is 56.4 Å². The number of pyridine rings is 1. The van der Waals surface area contributed by atoms with Gasteiger partial charge in [0.05, 0.1) is 0 Å². The van der Waals surface area contributed by atoms with Gasteiger partial charge in [0.1, 0.15) is 11.6 Å². The zero-order chi connectivity index (χ0) is 20.8. The maximum absolute atomic E-state index is 12.8. The predicted octanol–water partition coefficient (Wildman–Crippen LogP) is 2.86. The summed E-state index contributed by atoms with van der Waals surface area (Å²) in [5.74, 6) is 1.89. The van der Waals surface area contributed by atoms with Gasteiger partial charge in [-0.3, -0.25) is 9.48 Å². The van der Waals surface area contributed by atoms with Crippen LogP contribution < -0.4 is 15.0 Å². The van der Waals surface area contributed by atoms with Crippen LogP contribution in [0.3, 0.4) is 0 Å². The number of carbonyl (C=O) groups is 1. The monoisotopic (exact) mass is 394 g/mol. The Kier molecular flexibility index (Phi) is 6.46. The molecule has 1 N–H and O–H groups in total. The molecule has 0 unspecified atom stereocenters. The zero-order valence-electron chi connectivity index (χ0n) is 17.2. The molecule has 3 aromatic rings. The van der Waals surface area contributed by atoms with Crippen LogP contribution in [-0.2, 0) is 7.05 Å². The minimum Gasteiger partial charge on any atom is -0.439 e. The van der Waals surface area contributed by atoms with Crippen LogP contribution >= 0.6 is 0 Å². The average molecular weight is 394 g/mol. The lowest BCUT2D eigenvalue weighted by Gasteiger charge is -2.21. The summed E-state index contributed by atoms with van der Waals surface area (Å²) in [4.78, 5) is 21.5. The van der Waals surface area contributed by atoms with Gasteiger partial charge in [-0.05, 0) is 32.3 Å². The second-order valence-electron chi connectivity index (χ2n) is 7.02. The van der Waals surface area contributed by atoms with Crippen LogP contribution in [-0.4, -0.2) is 59.8 Å². The topological polar surface area (TPSA) is 75.5 Å². The Morgan fingerprint density at radius 2 is 1.86 bits per heavy atom. The quantitative estimate of drug-likeness (QED) is 0.633. The molecular formula is C21H26N6O2. The van der Waals surface area contributed by atoms with Gasteiger partial charge in [0.2, 0.25) is 5.88 Å². The van der Waals surface area contributed by atoms with E-state index in [9.17, 15) is 4.79 Å². The highest BCUT2D eigenvalue weighted by molar-refractivity contribution is 6.04. The van der Waals surface area contributed by atoms with E-state index in [2.05, 4.69) is 20.3 Å². The van der Waals surface area contributed by atoms with Crippen molar-refractivity contribution in [3.8, 4) is 11.6 Å². The third-order valence-corrected chi connectivity index (χ3v) is 4.25. The van der Waals surface area contributed by atoms with Crippen molar-refractivity contribution < 1.29 is 9.53 Å². The Hall–Kier alpha value is -3.39. The number of amides is 1. The summed E-state index contributed by atoms with van der Waals surface area (Å²) in [6.45, 7) is 1.62. The zero-order valence-corrected chi connectivity index (χ0v) is 17.2. The van der Waals surface area contributed by atoms with Crippen molar-refractivity contribution >= 4 is 17.5 Å². The molecule has 8 heteroatoms. The lowest BCUT2D eigenvalue weighted by molar-refractivity contribution is 0.102. The van der Waals surface area contributed by atoms with Crippen LogP contribution in [0.2, 0.25) is 0 Å². The number of benzene rings is 1. The number of nitrogens with one attached hydrogen (secondary N) is 1. The second kappa shape index (κ2) is 9.20. The molecule has 0 aliphatic carbocycles. The molecule has 0 aliphatic rings. The number of nitrogens with zero attached hydrogens (tertiary/aromatic N) is 5. The number of anilines is 2. The molecule has 0 aliphatic heterocycles. The van der Waals surface area contributed by atoms with E-state index in [0.29, 0.717) is 28.8 Å². The largest absolute Gasteiger partial charge is 0.439 e. The highest BCUT2D eigenvalue weighted by atomic mass is 16.5. The Bertz CT molecular complexity index is 955. The molecule has 0 saturated carbocycles. The summed E-state index contributed by atoms with van der Waals surface area (Å²) >= 11 is 0. The van der Waals surface area contributed by atoms with E-state index < -0.39 is 0 Å². The van der Waals surface area contributed by atoms with Crippen LogP contribution in [0, 0.1) is 0 Å². The minimum atomic E-state index is -0.272. The summed E-state index contributed by atoms with van der Waals surface area (Å²) in [6, 6.07) is 14.5. The smallest absolute Gasteiger partial charge is 0.257 e. The third-order valence-electron chi connectivity index (χ3n) is 4.25. The van der Waals surface area contributed by atoms with Crippen LogP contribution in [0.25, 0.3) is 0 Å². The Balaban J connectivity index is 1.87. The van der Waals surface area contributed by atoms with E-state index in [4.69, 9.17) is 4.74 Å². The number of aryl methyl sites for hydroxylation is 1. The van der Waals surface area contributed by atoms with Crippen LogP contribution in [0.5, 0.6) is 11.6 Å². The highest BCUT2D eigenvalue weighted by Gasteiger charge is 2.15. The number of likely N-dealkylation sites (N-methyl/N-ethyl adjacent to an activating group) is 2. The van der Waals surface area contributed by atoms with Gasteiger partial charge in [-0.25, -0.2) is 0 Å². The average Bonchev–Trinajstić information content (AvgIpc) is 3.11. The Labute approximate surface area is 170 Å². The molecule has 152 valence electrons. The van der Waals surface area contributed by atoms with Gasteiger partial charge in [-0.15, -0.1) is 0 Å². The number of aromatic nitrogens is 3. The van der Waals surface area contributed by atoms with Crippen molar-refractivity contribution in [3.63, 3.8) is 0 Å². The van der Waals surface area contributed by atoms with Crippen LogP contribution in [0.1, 0.15) is 10.4 Å². The van der Waals surface area contributed by atoms with Crippen molar-refractivity contribution in [1.29, 1.82) is 0 Å². The third kappa shape index (κ3) is 5.79. The predicted molar refractivity (Wildman–Crippen MR) is 114 cm³/mol. The summed E-state index contributed by atoms with van der Waals surface area (Å²) in [6.07, 6.45) is 1.77. The normalized spacial score (nSPS) is 10.8. The molecule has 29 heavy (non-hydrogen) atoms. The van der Waals surface area contributed by atoms with Gasteiger partial charge >= 0.3 is 0 Å². The first-order valence-corrected chi connectivity index (χ1v) is 9.32. The van der Waals surface area contributed by atoms with Crippen molar-refractivity contribution in [2.75, 3.05) is 44.4 Å². The molecule has 1 amide bonds. The second-order valence-corrected chi connectivity index (χ2v) is 7.02. The van der Waals surface area contributed by atoms with Crippen molar-refractivity contribution in [2.24, 2.45) is 7.05 Å². The Morgan fingerprint density at radius 1 is 1.10 bits per heavy atom. The summed E-state index contributed by atoms with van der Waals surface area (Å²) in [5.41, 5.74) is 0.447. The van der Waals surface area contributed by atoms with Crippen molar-refractivity contribution in [2.45, 2.75) is 0 Å². The SMILES string of the molecule is CN(C)CCN(C)c1cc(C(=O)Nc2ccn(C)n2)cc(Oc2ccccc2)n1. The number of rotatable bonds is 8. The first kappa shape index (κ1) is 20.3. The van der Waals surface area contributed by atoms with E-state index in [-0.39, 0.29) is 5.91 Å². The number of hydrogen-bond donors (Lipinski definition) is 1. The molecule has 2 heterocycles. The van der Waals surface area contributed by atoms with Gasteiger partial charge in [-0.2, -0.15) is 10.1 Å². The fourth-order valence-corrected chi connectivity index (χ4v) is 2.61. The lowest BCUT2D eigenvalue weighted by atomic mass is 10.2. The lowest BCUT2D eigenvalue weighted by Crippen LogP contribution is -2.29. The molecule has 1 aromatic carbocycles. The number of para-hydroxylation sites is 1. The number of hydrogen-bond acceptors (Lipinski definition) is 6. The summed E-state index contributed by atoms with van der Waals surface area (Å²) in [7, 11) is 7.77. The fourth-order valence-electron chi connectivity index (χ4n) is 2.61. The standard InChI is InChI=1S/C21H26N6O2/c1-25(2)12-13-26(3)19-14-16(21(28)22-18-10-11-27(4)24-18)15-20(23-19)29-17-8-6-5-7-9-17/h5-11,14-15H,12-13H2,1-4H3,(H,22,24,28). The van der Waals surface area contributed by atoms with Gasteiger partial charge in [0.15, 0.2) is 5.82 Å². The molecule has 0 saturated heterocycles. The van der Waals surface area contributed by atoms with Crippen molar-refractivity contribution in [3.05, 3.63) is 60.3 Å².